The number of nitrogens with zero attached hydrogens (tertiary/aromatic N) is 2. The van der Waals surface area contributed by atoms with E-state index in [0.29, 0.717) is 18.9 Å². The van der Waals surface area contributed by atoms with Crippen molar-refractivity contribution in [2.24, 2.45) is 5.92 Å². The van der Waals surface area contributed by atoms with Crippen LogP contribution in [-0.4, -0.2) is 30.1 Å². The highest BCUT2D eigenvalue weighted by Gasteiger charge is 2.27. The number of thiazole rings is 1. The second-order valence-electron chi connectivity index (χ2n) is 6.57. The highest BCUT2D eigenvalue weighted by molar-refractivity contribution is 7.22. The smallest absolute Gasteiger partial charge is 0.229 e. The number of amides is 1. The van der Waals surface area contributed by atoms with Crippen LogP contribution < -0.4 is 4.90 Å². The van der Waals surface area contributed by atoms with Gasteiger partial charge >= 0.3 is 0 Å². The Morgan fingerprint density at radius 1 is 1.33 bits per heavy atom. The Bertz CT molecular complexity index is 716. The molecule has 0 radical (unpaired) electrons. The Hall–Kier alpha value is -1.72. The highest BCUT2D eigenvalue weighted by atomic mass is 32.1. The average Bonchev–Trinajstić information content (AvgIpc) is 3.33. The van der Waals surface area contributed by atoms with Crippen LogP contribution in [0.2, 0.25) is 0 Å². The van der Waals surface area contributed by atoms with E-state index in [0.717, 1.165) is 47.6 Å². The minimum atomic E-state index is 0.139. The van der Waals surface area contributed by atoms with Crippen molar-refractivity contribution in [2.75, 3.05) is 18.1 Å². The number of rotatable bonds is 5. The summed E-state index contributed by atoms with van der Waals surface area (Å²) in [6, 6.07) is 8.07. The molecule has 0 N–H and O–H groups in total. The van der Waals surface area contributed by atoms with Gasteiger partial charge in [-0.2, -0.15) is 0 Å². The molecule has 4 rings (SSSR count). The topological polar surface area (TPSA) is 42.4 Å². The van der Waals surface area contributed by atoms with Crippen LogP contribution in [0.5, 0.6) is 0 Å². The highest BCUT2D eigenvalue weighted by Crippen LogP contribution is 2.31. The molecule has 2 atom stereocenters. The Balaban J connectivity index is 1.58. The second kappa shape index (κ2) is 7.03. The minimum absolute atomic E-state index is 0.139. The van der Waals surface area contributed by atoms with Crippen molar-refractivity contribution < 1.29 is 9.53 Å². The maximum absolute atomic E-state index is 13.0. The molecule has 2 heterocycles. The molecule has 2 aromatic rings. The maximum atomic E-state index is 13.0. The summed E-state index contributed by atoms with van der Waals surface area (Å²) in [6.07, 6.45) is 9.35. The Morgan fingerprint density at radius 3 is 3.00 bits per heavy atom. The Morgan fingerprint density at radius 2 is 2.25 bits per heavy atom. The van der Waals surface area contributed by atoms with E-state index in [1.54, 1.807) is 11.3 Å². The molecular formula is C19H22N2O2S. The van der Waals surface area contributed by atoms with Crippen LogP contribution >= 0.6 is 11.3 Å². The lowest BCUT2D eigenvalue weighted by atomic mass is 10.0. The van der Waals surface area contributed by atoms with E-state index < -0.39 is 0 Å². The largest absolute Gasteiger partial charge is 0.376 e. The number of anilines is 1. The van der Waals surface area contributed by atoms with E-state index in [2.05, 4.69) is 18.2 Å². The van der Waals surface area contributed by atoms with E-state index in [9.17, 15) is 4.79 Å². The third-order valence-electron chi connectivity index (χ3n) is 4.77. The molecule has 126 valence electrons. The molecule has 0 bridgehead atoms. The van der Waals surface area contributed by atoms with Crippen LogP contribution in [0.25, 0.3) is 10.2 Å². The summed E-state index contributed by atoms with van der Waals surface area (Å²) < 4.78 is 6.89. The van der Waals surface area contributed by atoms with E-state index in [1.165, 1.54) is 0 Å². The van der Waals surface area contributed by atoms with E-state index in [4.69, 9.17) is 9.72 Å². The van der Waals surface area contributed by atoms with Crippen molar-refractivity contribution in [3.63, 3.8) is 0 Å². The van der Waals surface area contributed by atoms with Gasteiger partial charge in [0.2, 0.25) is 5.91 Å². The monoisotopic (exact) mass is 342 g/mol. The Labute approximate surface area is 146 Å². The van der Waals surface area contributed by atoms with Crippen molar-refractivity contribution in [1.29, 1.82) is 0 Å². The zero-order valence-electron chi connectivity index (χ0n) is 13.7. The number of fused-ring (bicyclic) bond motifs is 1. The molecular weight excluding hydrogens is 320 g/mol. The van der Waals surface area contributed by atoms with Crippen LogP contribution in [0.3, 0.4) is 0 Å². The zero-order chi connectivity index (χ0) is 16.4. The van der Waals surface area contributed by atoms with Crippen LogP contribution in [-0.2, 0) is 9.53 Å². The van der Waals surface area contributed by atoms with E-state index >= 15 is 0 Å². The standard InChI is InChI=1S/C19H22N2O2S/c22-18(12-14-6-1-2-7-14)21(13-15-8-5-11-23-15)19-20-16-9-3-4-10-17(16)24-19/h1,3-4,6,9-10,14-15H,2,5,7-8,11-13H2. The quantitative estimate of drug-likeness (QED) is 0.766. The molecule has 0 spiro atoms. The van der Waals surface area contributed by atoms with Crippen molar-refractivity contribution in [2.45, 2.75) is 38.2 Å². The molecule has 4 nitrogen and oxygen atoms in total. The molecule has 1 aromatic heterocycles. The predicted molar refractivity (Wildman–Crippen MR) is 97.4 cm³/mol. The van der Waals surface area contributed by atoms with Crippen LogP contribution in [0, 0.1) is 5.92 Å². The molecule has 5 heteroatoms. The Kier molecular flexibility index (Phi) is 4.63. The lowest BCUT2D eigenvalue weighted by Crippen LogP contribution is -2.38. The summed E-state index contributed by atoms with van der Waals surface area (Å²) >= 11 is 1.60. The molecule has 1 aromatic carbocycles. The summed E-state index contributed by atoms with van der Waals surface area (Å²) in [7, 11) is 0. The van der Waals surface area contributed by atoms with Gasteiger partial charge in [0.25, 0.3) is 0 Å². The predicted octanol–water partition coefficient (Wildman–Crippen LogP) is 4.16. The number of hydrogen-bond donors (Lipinski definition) is 0. The van der Waals surface area contributed by atoms with E-state index in [1.807, 2.05) is 23.1 Å². The van der Waals surface area contributed by atoms with Crippen molar-refractivity contribution in [3.05, 3.63) is 36.4 Å². The first-order valence-electron chi connectivity index (χ1n) is 8.74. The van der Waals surface area contributed by atoms with Gasteiger partial charge in [0, 0.05) is 13.0 Å². The van der Waals surface area contributed by atoms with E-state index in [-0.39, 0.29) is 12.0 Å². The molecule has 2 aliphatic rings. The van der Waals surface area contributed by atoms with Gasteiger partial charge in [0.1, 0.15) is 0 Å². The summed E-state index contributed by atoms with van der Waals surface area (Å²) in [5, 5.41) is 0.804. The fraction of sp³-hybridized carbons (Fsp3) is 0.474. The average molecular weight is 342 g/mol. The zero-order valence-corrected chi connectivity index (χ0v) is 14.5. The molecule has 2 unspecified atom stereocenters. The SMILES string of the molecule is O=C(CC1C=CCC1)N(CC1CCCO1)c1nc2ccccc2s1. The molecule has 1 aliphatic heterocycles. The van der Waals surface area contributed by atoms with Gasteiger partial charge in [-0.1, -0.05) is 35.6 Å². The fourth-order valence-electron chi connectivity index (χ4n) is 3.45. The number of benzene rings is 1. The van der Waals surface area contributed by atoms with Gasteiger partial charge in [-0.15, -0.1) is 0 Å². The molecule has 24 heavy (non-hydrogen) atoms. The molecule has 1 amide bonds. The summed E-state index contributed by atoms with van der Waals surface area (Å²) in [5.41, 5.74) is 0.961. The van der Waals surface area contributed by atoms with Crippen molar-refractivity contribution >= 4 is 32.6 Å². The lowest BCUT2D eigenvalue weighted by molar-refractivity contribution is -0.119. The first-order valence-corrected chi connectivity index (χ1v) is 9.55. The van der Waals surface area contributed by atoms with Gasteiger partial charge in [-0.05, 0) is 43.7 Å². The number of hydrogen-bond acceptors (Lipinski definition) is 4. The third-order valence-corrected chi connectivity index (χ3v) is 5.83. The molecule has 1 saturated heterocycles. The van der Waals surface area contributed by atoms with Crippen LogP contribution in [0.15, 0.2) is 36.4 Å². The number of carbonyl (C=O) groups excluding carboxylic acids is 1. The second-order valence-corrected chi connectivity index (χ2v) is 7.58. The van der Waals surface area contributed by atoms with Gasteiger partial charge in [0.15, 0.2) is 5.13 Å². The van der Waals surface area contributed by atoms with Crippen molar-refractivity contribution in [1.82, 2.24) is 4.98 Å². The number of allylic oxidation sites excluding steroid dienone is 2. The molecule has 1 aliphatic carbocycles. The van der Waals surface area contributed by atoms with Gasteiger partial charge < -0.3 is 4.74 Å². The van der Waals surface area contributed by atoms with Crippen LogP contribution in [0.1, 0.15) is 32.1 Å². The number of ether oxygens (including phenoxy) is 1. The first-order chi connectivity index (χ1) is 11.8. The molecule has 1 fully saturated rings. The number of carbonyl (C=O) groups is 1. The third kappa shape index (κ3) is 3.37. The number of para-hydroxylation sites is 1. The maximum Gasteiger partial charge on any atom is 0.229 e. The molecule has 0 saturated carbocycles. The normalized spacial score (nSPS) is 23.2. The summed E-state index contributed by atoms with van der Waals surface area (Å²) in [4.78, 5) is 19.5. The number of aromatic nitrogens is 1. The minimum Gasteiger partial charge on any atom is -0.376 e. The van der Waals surface area contributed by atoms with Gasteiger partial charge in [-0.3, -0.25) is 9.69 Å². The summed E-state index contributed by atoms with van der Waals surface area (Å²) in [6.45, 7) is 1.42. The van der Waals surface area contributed by atoms with Crippen LogP contribution in [0.4, 0.5) is 5.13 Å². The van der Waals surface area contributed by atoms with Gasteiger partial charge in [-0.25, -0.2) is 4.98 Å². The van der Waals surface area contributed by atoms with Crippen molar-refractivity contribution in [3.8, 4) is 0 Å². The fourth-order valence-corrected chi connectivity index (χ4v) is 4.45. The van der Waals surface area contributed by atoms with Gasteiger partial charge in [0.05, 0.1) is 22.9 Å². The summed E-state index contributed by atoms with van der Waals surface area (Å²) in [5.74, 6) is 0.542. The lowest BCUT2D eigenvalue weighted by Gasteiger charge is -2.24. The first kappa shape index (κ1) is 15.8.